The predicted octanol–water partition coefficient (Wildman–Crippen LogP) is 4.34. The van der Waals surface area contributed by atoms with Crippen LogP contribution in [0.3, 0.4) is 0 Å². The Morgan fingerprint density at radius 3 is 1.93 bits per heavy atom. The lowest BCUT2D eigenvalue weighted by Gasteiger charge is -2.23. The molecule has 30 heavy (non-hydrogen) atoms. The quantitative estimate of drug-likeness (QED) is 0.276. The third kappa shape index (κ3) is 4.29. The average Bonchev–Trinajstić information content (AvgIpc) is 3.53. The van der Waals surface area contributed by atoms with Crippen molar-refractivity contribution in [2.24, 2.45) is 0 Å². The second-order valence-electron chi connectivity index (χ2n) is 6.87. The van der Waals surface area contributed by atoms with E-state index in [0.29, 0.717) is 24.0 Å². The Kier molecular flexibility index (Phi) is 6.09. The lowest BCUT2D eigenvalue weighted by molar-refractivity contribution is -0.112. The Bertz CT molecular complexity index is 1100. The van der Waals surface area contributed by atoms with E-state index in [1.54, 1.807) is 30.3 Å². The zero-order chi connectivity index (χ0) is 22.2. The van der Waals surface area contributed by atoms with Crippen molar-refractivity contribution in [3.63, 3.8) is 0 Å². The molecule has 0 aromatic heterocycles. The second kappa shape index (κ2) is 8.27. The maximum Gasteiger partial charge on any atom is 0.249 e. The summed E-state index contributed by atoms with van der Waals surface area (Å²) in [5.74, 6) is -12.0. The Labute approximate surface area is 169 Å². The molecular formula is C20H16F5NO3S. The van der Waals surface area contributed by atoms with Gasteiger partial charge in [-0.3, -0.25) is 4.79 Å². The molecule has 0 heterocycles. The summed E-state index contributed by atoms with van der Waals surface area (Å²) in [5.41, 5.74) is 1.10. The Morgan fingerprint density at radius 2 is 1.47 bits per heavy atom. The number of nitrogens with zero attached hydrogens (tertiary/aromatic N) is 1. The molecule has 0 spiro atoms. The van der Waals surface area contributed by atoms with Gasteiger partial charge in [-0.05, 0) is 37.0 Å². The van der Waals surface area contributed by atoms with Crippen molar-refractivity contribution in [3.05, 3.63) is 70.6 Å². The van der Waals surface area contributed by atoms with Crippen molar-refractivity contribution < 1.29 is 35.2 Å². The van der Waals surface area contributed by atoms with E-state index < -0.39 is 50.0 Å². The summed E-state index contributed by atoms with van der Waals surface area (Å²) in [7, 11) is -5.01. The molecule has 0 saturated heterocycles. The minimum Gasteiger partial charge on any atom is -0.295 e. The summed E-state index contributed by atoms with van der Waals surface area (Å²) in [4.78, 5) is 9.13. The zero-order valence-corrected chi connectivity index (χ0v) is 16.4. The number of sulfonamides is 1. The van der Waals surface area contributed by atoms with Crippen molar-refractivity contribution in [1.82, 2.24) is 4.31 Å². The summed E-state index contributed by atoms with van der Waals surface area (Å²) < 4.78 is 95.1. The zero-order valence-electron chi connectivity index (χ0n) is 15.6. The first-order valence-electron chi connectivity index (χ1n) is 8.85. The molecule has 1 fully saturated rings. The highest BCUT2D eigenvalue weighted by molar-refractivity contribution is 7.89. The normalized spacial score (nSPS) is 14.6. The minimum atomic E-state index is -5.01. The van der Waals surface area contributed by atoms with E-state index in [1.165, 1.54) is 13.0 Å². The molecule has 0 bridgehead atoms. The number of hydrogen-bond donors (Lipinski definition) is 0. The van der Waals surface area contributed by atoms with Crippen LogP contribution >= 0.6 is 0 Å². The van der Waals surface area contributed by atoms with Gasteiger partial charge in [-0.1, -0.05) is 30.3 Å². The molecule has 2 aromatic rings. The van der Waals surface area contributed by atoms with Gasteiger partial charge in [0.1, 0.15) is 0 Å². The molecule has 0 atom stereocenters. The number of halogens is 5. The van der Waals surface area contributed by atoms with Gasteiger partial charge in [0.2, 0.25) is 15.8 Å². The van der Waals surface area contributed by atoms with E-state index in [-0.39, 0.29) is 12.3 Å². The maximum atomic E-state index is 14.1. The topological polar surface area (TPSA) is 54.5 Å². The number of hydrogen-bond acceptors (Lipinski definition) is 3. The molecule has 0 aliphatic heterocycles. The number of benzene rings is 2. The van der Waals surface area contributed by atoms with Crippen LogP contribution in [-0.2, 0) is 21.4 Å². The molecule has 1 saturated carbocycles. The fraction of sp³-hybridized carbons (Fsp3) is 0.250. The van der Waals surface area contributed by atoms with Crippen molar-refractivity contribution in [3.8, 4) is 0 Å². The van der Waals surface area contributed by atoms with E-state index in [9.17, 15) is 35.2 Å². The van der Waals surface area contributed by atoms with E-state index in [4.69, 9.17) is 0 Å². The van der Waals surface area contributed by atoms with E-state index in [0.717, 1.165) is 4.31 Å². The van der Waals surface area contributed by atoms with Crippen LogP contribution in [0.15, 0.2) is 35.2 Å². The van der Waals surface area contributed by atoms with Gasteiger partial charge in [0.25, 0.3) is 0 Å². The van der Waals surface area contributed by atoms with Crippen molar-refractivity contribution >= 4 is 21.9 Å². The third-order valence-electron chi connectivity index (χ3n) is 4.52. The number of carbonyl (C=O) groups excluding carboxylic acids is 1. The smallest absolute Gasteiger partial charge is 0.249 e. The largest absolute Gasteiger partial charge is 0.295 e. The average molecular weight is 445 g/mol. The lowest BCUT2D eigenvalue weighted by Crippen LogP contribution is -2.34. The van der Waals surface area contributed by atoms with Crippen molar-refractivity contribution in [2.45, 2.75) is 37.2 Å². The highest BCUT2D eigenvalue weighted by Gasteiger charge is 2.43. The summed E-state index contributed by atoms with van der Waals surface area (Å²) in [6.45, 7) is 1.06. The predicted molar refractivity (Wildman–Crippen MR) is 98.1 cm³/mol. The Balaban J connectivity index is 1.97. The summed E-state index contributed by atoms with van der Waals surface area (Å²) >= 11 is 0. The first kappa shape index (κ1) is 22.1. The second-order valence-corrected chi connectivity index (χ2v) is 8.69. The molecule has 0 radical (unpaired) electrons. The van der Waals surface area contributed by atoms with Crippen LogP contribution in [0.4, 0.5) is 22.0 Å². The highest BCUT2D eigenvalue weighted by Crippen LogP contribution is 2.36. The molecule has 3 rings (SSSR count). The van der Waals surface area contributed by atoms with E-state index in [2.05, 4.69) is 0 Å². The first-order chi connectivity index (χ1) is 14.0. The fourth-order valence-electron chi connectivity index (χ4n) is 2.83. The van der Waals surface area contributed by atoms with Gasteiger partial charge in [-0.25, -0.2) is 30.4 Å². The van der Waals surface area contributed by atoms with Crippen LogP contribution in [0.5, 0.6) is 0 Å². The van der Waals surface area contributed by atoms with Gasteiger partial charge in [0.05, 0.1) is 0 Å². The van der Waals surface area contributed by atoms with Crippen LogP contribution in [0.1, 0.15) is 30.9 Å². The van der Waals surface area contributed by atoms with Crippen molar-refractivity contribution in [1.29, 1.82) is 0 Å². The monoisotopic (exact) mass is 445 g/mol. The standard InChI is InChI=1S/C20H16F5NO3S/c1-11(27)2-3-12-4-6-13(7-5-12)10-26(14-8-9-14)30(28,29)20-18(24)16(22)15(21)17(23)19(20)25/h2-7,14H,8-10H2,1H3/b3-2+. The molecule has 0 unspecified atom stereocenters. The van der Waals surface area contributed by atoms with Crippen LogP contribution in [0.25, 0.3) is 6.08 Å². The third-order valence-corrected chi connectivity index (χ3v) is 6.44. The maximum absolute atomic E-state index is 14.1. The van der Waals surface area contributed by atoms with Crippen LogP contribution in [-0.4, -0.2) is 24.5 Å². The highest BCUT2D eigenvalue weighted by atomic mass is 32.2. The Hall–Kier alpha value is -2.59. The summed E-state index contributed by atoms with van der Waals surface area (Å²) in [6, 6.07) is 5.68. The molecule has 4 nitrogen and oxygen atoms in total. The van der Waals surface area contributed by atoms with Gasteiger partial charge >= 0.3 is 0 Å². The first-order valence-corrected chi connectivity index (χ1v) is 10.3. The van der Waals surface area contributed by atoms with Crippen LogP contribution in [0.2, 0.25) is 0 Å². The number of allylic oxidation sites excluding steroid dienone is 1. The van der Waals surface area contributed by atoms with Crippen LogP contribution in [0, 0.1) is 29.1 Å². The molecule has 0 amide bonds. The van der Waals surface area contributed by atoms with Crippen LogP contribution < -0.4 is 0 Å². The Morgan fingerprint density at radius 1 is 0.967 bits per heavy atom. The number of carbonyl (C=O) groups is 1. The molecular weight excluding hydrogens is 429 g/mol. The molecule has 0 N–H and O–H groups in total. The van der Waals surface area contributed by atoms with Crippen molar-refractivity contribution in [2.75, 3.05) is 0 Å². The fourth-order valence-corrected chi connectivity index (χ4v) is 4.62. The minimum absolute atomic E-state index is 0.159. The molecule has 1 aliphatic carbocycles. The molecule has 1 aliphatic rings. The van der Waals surface area contributed by atoms with E-state index >= 15 is 0 Å². The van der Waals surface area contributed by atoms with E-state index in [1.807, 2.05) is 0 Å². The number of rotatable bonds is 7. The summed E-state index contributed by atoms with van der Waals surface area (Å²) in [5, 5.41) is 0. The number of ketones is 1. The van der Waals surface area contributed by atoms with Gasteiger partial charge in [-0.2, -0.15) is 4.31 Å². The molecule has 160 valence electrons. The molecule has 10 heteroatoms. The molecule has 2 aromatic carbocycles. The lowest BCUT2D eigenvalue weighted by atomic mass is 10.1. The van der Waals surface area contributed by atoms with Gasteiger partial charge in [0.15, 0.2) is 33.9 Å². The van der Waals surface area contributed by atoms with Gasteiger partial charge in [-0.15, -0.1) is 0 Å². The van der Waals surface area contributed by atoms with Gasteiger partial charge in [0, 0.05) is 12.6 Å². The SMILES string of the molecule is CC(=O)/C=C/c1ccc(CN(C2CC2)S(=O)(=O)c2c(F)c(F)c(F)c(F)c2F)cc1. The van der Waals surface area contributed by atoms with Gasteiger partial charge < -0.3 is 0 Å². The summed E-state index contributed by atoms with van der Waals surface area (Å²) in [6.07, 6.45) is 3.69.